The van der Waals surface area contributed by atoms with Gasteiger partial charge in [0.2, 0.25) is 10.0 Å². The second-order valence-corrected chi connectivity index (χ2v) is 6.75. The Morgan fingerprint density at radius 2 is 2.00 bits per heavy atom. The maximum atomic E-state index is 11.9. The lowest BCUT2D eigenvalue weighted by Gasteiger charge is -2.15. The van der Waals surface area contributed by atoms with Crippen molar-refractivity contribution in [2.45, 2.75) is 31.4 Å². The topological polar surface area (TPSA) is 72.2 Å². The molecule has 1 aromatic carbocycles. The van der Waals surface area contributed by atoms with E-state index in [0.29, 0.717) is 13.0 Å². The second kappa shape index (κ2) is 7.57. The first-order valence-corrected chi connectivity index (χ1v) is 8.24. The van der Waals surface area contributed by atoms with E-state index in [-0.39, 0.29) is 4.99 Å². The van der Waals surface area contributed by atoms with Crippen molar-refractivity contribution < 1.29 is 8.42 Å². The van der Waals surface area contributed by atoms with Crippen LogP contribution in [0.4, 0.5) is 0 Å². The van der Waals surface area contributed by atoms with Crippen molar-refractivity contribution >= 4 is 27.2 Å². The van der Waals surface area contributed by atoms with Crippen molar-refractivity contribution in [2.24, 2.45) is 5.73 Å². The van der Waals surface area contributed by atoms with Gasteiger partial charge in [0.15, 0.2) is 0 Å². The van der Waals surface area contributed by atoms with Crippen LogP contribution in [0.25, 0.3) is 0 Å². The van der Waals surface area contributed by atoms with Crippen LogP contribution in [-0.2, 0) is 16.4 Å². The minimum absolute atomic E-state index is 0.0260. The van der Waals surface area contributed by atoms with Gasteiger partial charge in [0.05, 0.1) is 4.99 Å². The van der Waals surface area contributed by atoms with E-state index in [1.165, 1.54) is 5.56 Å². The lowest BCUT2D eigenvalue weighted by Crippen LogP contribution is -2.42. The normalized spacial score (nSPS) is 13.1. The van der Waals surface area contributed by atoms with E-state index in [4.69, 9.17) is 18.0 Å². The summed E-state index contributed by atoms with van der Waals surface area (Å²) < 4.78 is 26.4. The molecule has 1 aromatic rings. The molecule has 0 heterocycles. The number of thiocarbonyl (C=S) groups is 1. The number of benzene rings is 1. The Balaban J connectivity index is 2.42. The lowest BCUT2D eigenvalue weighted by molar-refractivity contribution is 0.572. The van der Waals surface area contributed by atoms with E-state index in [9.17, 15) is 8.42 Å². The molecule has 0 bridgehead atoms. The monoisotopic (exact) mass is 300 g/mol. The molecule has 3 N–H and O–H groups in total. The molecule has 19 heavy (non-hydrogen) atoms. The first-order chi connectivity index (χ1) is 8.97. The minimum atomic E-state index is -3.44. The van der Waals surface area contributed by atoms with Crippen LogP contribution in [0.3, 0.4) is 0 Å². The average molecular weight is 300 g/mol. The largest absolute Gasteiger partial charge is 0.392 e. The van der Waals surface area contributed by atoms with Gasteiger partial charge in [0, 0.05) is 6.54 Å². The molecule has 1 rings (SSSR count). The van der Waals surface area contributed by atoms with Crippen LogP contribution in [-0.4, -0.2) is 25.2 Å². The fraction of sp³-hybridized carbons (Fsp3) is 0.462. The van der Waals surface area contributed by atoms with Gasteiger partial charge in [-0.2, -0.15) is 0 Å². The molecule has 1 unspecified atom stereocenters. The van der Waals surface area contributed by atoms with Crippen molar-refractivity contribution in [3.8, 4) is 0 Å². The van der Waals surface area contributed by atoms with Crippen molar-refractivity contribution in [1.29, 1.82) is 0 Å². The lowest BCUT2D eigenvalue weighted by atomic mass is 10.1. The van der Waals surface area contributed by atoms with Gasteiger partial charge in [-0.1, -0.05) is 49.5 Å². The summed E-state index contributed by atoms with van der Waals surface area (Å²) in [6, 6.07) is 9.95. The summed E-state index contributed by atoms with van der Waals surface area (Å²) in [6.07, 6.45) is 1.98. The summed E-state index contributed by atoms with van der Waals surface area (Å²) in [5.74, 6) is 0. The Kier molecular flexibility index (Phi) is 6.41. The number of hydrogen-bond acceptors (Lipinski definition) is 3. The number of sulfonamides is 1. The molecular weight excluding hydrogens is 280 g/mol. The third kappa shape index (κ3) is 5.26. The van der Waals surface area contributed by atoms with Gasteiger partial charge >= 0.3 is 0 Å². The molecule has 0 aromatic heterocycles. The molecule has 0 aliphatic heterocycles. The van der Waals surface area contributed by atoms with Gasteiger partial charge in [-0.15, -0.1) is 0 Å². The van der Waals surface area contributed by atoms with Crippen molar-refractivity contribution in [2.75, 3.05) is 6.54 Å². The summed E-state index contributed by atoms with van der Waals surface area (Å²) in [4.78, 5) is 0.0260. The highest BCUT2D eigenvalue weighted by Crippen LogP contribution is 2.06. The predicted molar refractivity (Wildman–Crippen MR) is 82.5 cm³/mol. The van der Waals surface area contributed by atoms with Crippen LogP contribution in [0, 0.1) is 0 Å². The maximum absolute atomic E-state index is 11.9. The number of nitrogens with one attached hydrogen (secondary N) is 1. The van der Waals surface area contributed by atoms with Crippen LogP contribution in [0.5, 0.6) is 0 Å². The molecule has 106 valence electrons. The summed E-state index contributed by atoms with van der Waals surface area (Å²) in [5, 5.41) is -0.778. The zero-order valence-electron chi connectivity index (χ0n) is 11.0. The highest BCUT2D eigenvalue weighted by Gasteiger charge is 2.25. The van der Waals surface area contributed by atoms with E-state index in [2.05, 4.69) is 4.72 Å². The fourth-order valence-corrected chi connectivity index (χ4v) is 3.75. The molecule has 0 fully saturated rings. The quantitative estimate of drug-likeness (QED) is 0.565. The van der Waals surface area contributed by atoms with Gasteiger partial charge in [0.25, 0.3) is 0 Å². The number of rotatable bonds is 8. The van der Waals surface area contributed by atoms with Gasteiger partial charge in [-0.3, -0.25) is 0 Å². The molecule has 0 saturated carbocycles. The third-order valence-electron chi connectivity index (χ3n) is 2.85. The number of aryl methyl sites for hydroxylation is 1. The summed E-state index contributed by atoms with van der Waals surface area (Å²) >= 11 is 4.78. The van der Waals surface area contributed by atoms with E-state index < -0.39 is 15.3 Å². The Hall–Kier alpha value is -0.980. The molecular formula is C13H20N2O2S2. The first-order valence-electron chi connectivity index (χ1n) is 6.29. The van der Waals surface area contributed by atoms with Gasteiger partial charge in [0.1, 0.15) is 5.25 Å². The summed E-state index contributed by atoms with van der Waals surface area (Å²) in [5.41, 5.74) is 6.64. The Bertz CT molecular complexity index is 501. The molecule has 0 saturated heterocycles. The Labute approximate surface area is 120 Å². The van der Waals surface area contributed by atoms with Crippen LogP contribution in [0.15, 0.2) is 30.3 Å². The Morgan fingerprint density at radius 1 is 1.37 bits per heavy atom. The molecule has 0 spiro atoms. The van der Waals surface area contributed by atoms with E-state index in [0.717, 1.165) is 12.8 Å². The second-order valence-electron chi connectivity index (χ2n) is 4.33. The highest BCUT2D eigenvalue weighted by molar-refractivity contribution is 7.93. The zero-order chi connectivity index (χ0) is 14.3. The van der Waals surface area contributed by atoms with Crippen LogP contribution >= 0.6 is 12.2 Å². The van der Waals surface area contributed by atoms with Crippen molar-refractivity contribution in [3.63, 3.8) is 0 Å². The molecule has 4 nitrogen and oxygen atoms in total. The third-order valence-corrected chi connectivity index (χ3v) is 5.23. The smallest absolute Gasteiger partial charge is 0.220 e. The standard InChI is InChI=1S/C13H20N2O2S2/c1-2-12(13(14)18)19(16,17)15-10-6-9-11-7-4-3-5-8-11/h3-5,7-8,12,15H,2,6,9-10H2,1H3,(H2,14,18). The maximum Gasteiger partial charge on any atom is 0.220 e. The zero-order valence-corrected chi connectivity index (χ0v) is 12.6. The van der Waals surface area contributed by atoms with Crippen molar-refractivity contribution in [3.05, 3.63) is 35.9 Å². The molecule has 1 atom stereocenters. The van der Waals surface area contributed by atoms with E-state index in [1.54, 1.807) is 6.92 Å². The fourth-order valence-electron chi connectivity index (χ4n) is 1.83. The average Bonchev–Trinajstić information content (AvgIpc) is 2.36. The molecule has 0 aliphatic rings. The van der Waals surface area contributed by atoms with E-state index in [1.807, 2.05) is 30.3 Å². The number of hydrogen-bond donors (Lipinski definition) is 2. The highest BCUT2D eigenvalue weighted by atomic mass is 32.2. The summed E-state index contributed by atoms with van der Waals surface area (Å²) in [7, 11) is -3.44. The summed E-state index contributed by atoms with van der Waals surface area (Å²) in [6.45, 7) is 2.16. The molecule has 0 radical (unpaired) electrons. The van der Waals surface area contributed by atoms with Gasteiger partial charge in [-0.05, 0) is 24.8 Å². The van der Waals surface area contributed by atoms with Crippen molar-refractivity contribution in [1.82, 2.24) is 4.72 Å². The Morgan fingerprint density at radius 3 is 2.53 bits per heavy atom. The first kappa shape index (κ1) is 16.1. The minimum Gasteiger partial charge on any atom is -0.392 e. The molecule has 0 amide bonds. The van der Waals surface area contributed by atoms with Gasteiger partial charge in [-0.25, -0.2) is 13.1 Å². The van der Waals surface area contributed by atoms with E-state index >= 15 is 0 Å². The van der Waals surface area contributed by atoms with Crippen LogP contribution in [0.2, 0.25) is 0 Å². The predicted octanol–water partition coefficient (Wildman–Crippen LogP) is 1.60. The van der Waals surface area contributed by atoms with Crippen LogP contribution in [0.1, 0.15) is 25.3 Å². The molecule has 6 heteroatoms. The van der Waals surface area contributed by atoms with Crippen LogP contribution < -0.4 is 10.5 Å². The SMILES string of the molecule is CCC(C(N)=S)S(=O)(=O)NCCCc1ccccc1. The number of nitrogens with two attached hydrogens (primary N) is 1. The molecule has 0 aliphatic carbocycles. The van der Waals surface area contributed by atoms with Gasteiger partial charge < -0.3 is 5.73 Å².